The average Bonchev–Trinajstić information content (AvgIpc) is 3.25. The Morgan fingerprint density at radius 3 is 2.68 bits per heavy atom. The first-order valence-corrected chi connectivity index (χ1v) is 11.7. The van der Waals surface area contributed by atoms with Crippen molar-refractivity contribution in [1.82, 2.24) is 9.88 Å². The van der Waals surface area contributed by atoms with Crippen LogP contribution in [0.3, 0.4) is 0 Å². The van der Waals surface area contributed by atoms with Crippen LogP contribution in [0.1, 0.15) is 36.5 Å². The van der Waals surface area contributed by atoms with Crippen LogP contribution in [0.4, 0.5) is 5.13 Å². The van der Waals surface area contributed by atoms with E-state index in [-0.39, 0.29) is 5.91 Å². The SMILES string of the molecule is CCCCCOc1cccc(C(=O)N2CCN(c3nc4ccc(OC)cc4s3)CC2)c1. The van der Waals surface area contributed by atoms with Crippen LogP contribution in [-0.4, -0.2) is 55.7 Å². The Kier molecular flexibility index (Phi) is 6.92. The monoisotopic (exact) mass is 439 g/mol. The normalized spacial score (nSPS) is 14.1. The standard InChI is InChI=1S/C24H29N3O3S/c1-3-4-5-15-30-20-8-6-7-18(16-20)23(28)26-11-13-27(14-12-26)24-25-21-10-9-19(29-2)17-22(21)31-24/h6-10,16-17H,3-5,11-15H2,1-2H3. The molecule has 0 N–H and O–H groups in total. The molecule has 0 aliphatic carbocycles. The second-order valence-electron chi connectivity index (χ2n) is 7.69. The largest absolute Gasteiger partial charge is 0.497 e. The molecular weight excluding hydrogens is 410 g/mol. The number of benzene rings is 2. The highest BCUT2D eigenvalue weighted by molar-refractivity contribution is 7.22. The van der Waals surface area contributed by atoms with E-state index < -0.39 is 0 Å². The van der Waals surface area contributed by atoms with Crippen LogP contribution < -0.4 is 14.4 Å². The summed E-state index contributed by atoms with van der Waals surface area (Å²) < 4.78 is 12.2. The van der Waals surface area contributed by atoms with Crippen LogP contribution in [0, 0.1) is 0 Å². The molecule has 1 fully saturated rings. The Hall–Kier alpha value is -2.80. The van der Waals surface area contributed by atoms with Crippen molar-refractivity contribution in [1.29, 1.82) is 0 Å². The molecular formula is C24H29N3O3S. The van der Waals surface area contributed by atoms with Crippen molar-refractivity contribution in [3.05, 3.63) is 48.0 Å². The molecule has 3 aromatic rings. The van der Waals surface area contributed by atoms with Crippen molar-refractivity contribution in [2.75, 3.05) is 44.8 Å². The molecule has 1 amide bonds. The zero-order valence-corrected chi connectivity index (χ0v) is 19.0. The van der Waals surface area contributed by atoms with Crippen molar-refractivity contribution in [3.8, 4) is 11.5 Å². The van der Waals surface area contributed by atoms with Gasteiger partial charge in [-0.25, -0.2) is 4.98 Å². The van der Waals surface area contributed by atoms with Crippen LogP contribution in [0.5, 0.6) is 11.5 Å². The lowest BCUT2D eigenvalue weighted by Crippen LogP contribution is -2.48. The van der Waals surface area contributed by atoms with E-state index in [4.69, 9.17) is 14.5 Å². The lowest BCUT2D eigenvalue weighted by atomic mass is 10.1. The molecule has 1 aliphatic rings. The Morgan fingerprint density at radius 2 is 1.90 bits per heavy atom. The predicted molar refractivity (Wildman–Crippen MR) is 126 cm³/mol. The van der Waals surface area contributed by atoms with Gasteiger partial charge in [-0.05, 0) is 42.8 Å². The third kappa shape index (κ3) is 5.10. The zero-order valence-electron chi connectivity index (χ0n) is 18.2. The van der Waals surface area contributed by atoms with E-state index in [9.17, 15) is 4.79 Å². The Balaban J connectivity index is 1.36. The number of carbonyl (C=O) groups is 1. The number of fused-ring (bicyclic) bond motifs is 1. The summed E-state index contributed by atoms with van der Waals surface area (Å²) in [6, 6.07) is 13.5. The number of piperazine rings is 1. The van der Waals surface area contributed by atoms with Gasteiger partial charge < -0.3 is 19.3 Å². The van der Waals surface area contributed by atoms with Gasteiger partial charge in [-0.3, -0.25) is 4.79 Å². The second kappa shape index (κ2) is 10.0. The van der Waals surface area contributed by atoms with Crippen molar-refractivity contribution < 1.29 is 14.3 Å². The lowest BCUT2D eigenvalue weighted by Gasteiger charge is -2.34. The van der Waals surface area contributed by atoms with Gasteiger partial charge in [-0.1, -0.05) is 37.2 Å². The van der Waals surface area contributed by atoms with E-state index in [1.54, 1.807) is 18.4 Å². The maximum absolute atomic E-state index is 13.0. The minimum Gasteiger partial charge on any atom is -0.497 e. The summed E-state index contributed by atoms with van der Waals surface area (Å²) in [5.74, 6) is 1.67. The fourth-order valence-corrected chi connectivity index (χ4v) is 4.75. The minimum atomic E-state index is 0.0627. The van der Waals surface area contributed by atoms with Gasteiger partial charge in [-0.2, -0.15) is 0 Å². The number of hydrogen-bond acceptors (Lipinski definition) is 6. The molecule has 0 saturated carbocycles. The number of ether oxygens (including phenoxy) is 2. The van der Waals surface area contributed by atoms with E-state index in [0.29, 0.717) is 25.3 Å². The molecule has 1 aliphatic heterocycles. The van der Waals surface area contributed by atoms with Crippen LogP contribution in [0.15, 0.2) is 42.5 Å². The zero-order chi connectivity index (χ0) is 21.6. The molecule has 31 heavy (non-hydrogen) atoms. The number of rotatable bonds is 8. The highest BCUT2D eigenvalue weighted by Crippen LogP contribution is 2.32. The summed E-state index contributed by atoms with van der Waals surface area (Å²) in [5.41, 5.74) is 1.67. The third-order valence-electron chi connectivity index (χ3n) is 5.52. The summed E-state index contributed by atoms with van der Waals surface area (Å²) in [6.07, 6.45) is 3.36. The van der Waals surface area contributed by atoms with Gasteiger partial charge in [0.1, 0.15) is 11.5 Å². The molecule has 7 heteroatoms. The van der Waals surface area contributed by atoms with E-state index in [2.05, 4.69) is 11.8 Å². The number of hydrogen-bond donors (Lipinski definition) is 0. The molecule has 164 valence electrons. The highest BCUT2D eigenvalue weighted by atomic mass is 32.1. The van der Waals surface area contributed by atoms with Gasteiger partial charge in [0.25, 0.3) is 5.91 Å². The molecule has 1 saturated heterocycles. The van der Waals surface area contributed by atoms with Gasteiger partial charge in [0.2, 0.25) is 0 Å². The maximum atomic E-state index is 13.0. The Morgan fingerprint density at radius 1 is 1.06 bits per heavy atom. The first kappa shape index (κ1) is 21.4. The number of unbranched alkanes of at least 4 members (excludes halogenated alkanes) is 2. The summed E-state index contributed by atoms with van der Waals surface area (Å²) in [6.45, 7) is 5.77. The van der Waals surface area contributed by atoms with E-state index in [0.717, 1.165) is 52.8 Å². The quantitative estimate of drug-likeness (QED) is 0.470. The molecule has 0 atom stereocenters. The van der Waals surface area contributed by atoms with Crippen molar-refractivity contribution in [2.45, 2.75) is 26.2 Å². The summed E-state index contributed by atoms with van der Waals surface area (Å²) in [5, 5.41) is 0.998. The van der Waals surface area contributed by atoms with Crippen molar-refractivity contribution in [3.63, 3.8) is 0 Å². The first-order chi connectivity index (χ1) is 15.2. The minimum absolute atomic E-state index is 0.0627. The lowest BCUT2D eigenvalue weighted by molar-refractivity contribution is 0.0746. The molecule has 0 radical (unpaired) electrons. The molecule has 6 nitrogen and oxygen atoms in total. The molecule has 1 aromatic heterocycles. The van der Waals surface area contributed by atoms with Crippen LogP contribution >= 0.6 is 11.3 Å². The number of carbonyl (C=O) groups excluding carboxylic acids is 1. The number of nitrogens with zero attached hydrogens (tertiary/aromatic N) is 3. The van der Waals surface area contributed by atoms with E-state index in [1.165, 1.54) is 6.42 Å². The van der Waals surface area contributed by atoms with Gasteiger partial charge in [0.05, 0.1) is 23.9 Å². The van der Waals surface area contributed by atoms with Crippen LogP contribution in [0.2, 0.25) is 0 Å². The second-order valence-corrected chi connectivity index (χ2v) is 8.70. The van der Waals surface area contributed by atoms with Crippen molar-refractivity contribution >= 4 is 32.6 Å². The predicted octanol–water partition coefficient (Wildman–Crippen LogP) is 4.84. The summed E-state index contributed by atoms with van der Waals surface area (Å²) in [4.78, 5) is 21.9. The first-order valence-electron chi connectivity index (χ1n) is 10.9. The molecule has 0 unspecified atom stereocenters. The van der Waals surface area contributed by atoms with Gasteiger partial charge in [-0.15, -0.1) is 0 Å². The summed E-state index contributed by atoms with van der Waals surface area (Å²) >= 11 is 1.67. The number of thiazole rings is 1. The van der Waals surface area contributed by atoms with Gasteiger partial charge >= 0.3 is 0 Å². The van der Waals surface area contributed by atoms with E-state index in [1.807, 2.05) is 47.4 Å². The maximum Gasteiger partial charge on any atom is 0.254 e. The Labute approximate surface area is 187 Å². The third-order valence-corrected chi connectivity index (χ3v) is 6.60. The molecule has 2 aromatic carbocycles. The molecule has 0 bridgehead atoms. The van der Waals surface area contributed by atoms with Gasteiger partial charge in [0.15, 0.2) is 5.13 Å². The number of aromatic nitrogens is 1. The summed E-state index contributed by atoms with van der Waals surface area (Å²) in [7, 11) is 1.67. The highest BCUT2D eigenvalue weighted by Gasteiger charge is 2.24. The fourth-order valence-electron chi connectivity index (χ4n) is 3.70. The van der Waals surface area contributed by atoms with Crippen LogP contribution in [0.25, 0.3) is 10.2 Å². The topological polar surface area (TPSA) is 54.9 Å². The van der Waals surface area contributed by atoms with E-state index >= 15 is 0 Å². The van der Waals surface area contributed by atoms with Gasteiger partial charge in [0, 0.05) is 31.7 Å². The van der Waals surface area contributed by atoms with Crippen LogP contribution in [-0.2, 0) is 0 Å². The smallest absolute Gasteiger partial charge is 0.254 e. The number of anilines is 1. The number of amides is 1. The number of methoxy groups -OCH3 is 1. The Bertz CT molecular complexity index is 1030. The van der Waals surface area contributed by atoms with Crippen molar-refractivity contribution in [2.24, 2.45) is 0 Å². The fraction of sp³-hybridized carbons (Fsp3) is 0.417. The molecule has 0 spiro atoms. The molecule has 4 rings (SSSR count). The average molecular weight is 440 g/mol. The molecule has 2 heterocycles.